The lowest BCUT2D eigenvalue weighted by Crippen LogP contribution is -2.46. The average molecular weight is 1220 g/mol. The van der Waals surface area contributed by atoms with Crippen molar-refractivity contribution in [3.05, 3.63) is 61.3 Å². The first kappa shape index (κ1) is 69.0. The number of ether oxygens (including phenoxy) is 1. The number of phosphoric ester groups is 3. The monoisotopic (exact) mass is 1220 g/mol. The number of thioether (sulfide) groups is 2. The molecular weight excluding hydrogens is 1150 g/mol. The molecule has 15 N–H and O–H groups in total. The maximum Gasteiger partial charge on any atom is 0.481 e. The number of carboxylic acid groups (broad SMARTS) is 2. The Hall–Kier alpha value is -4.27. The zero-order valence-electron chi connectivity index (χ0n) is 42.9. The van der Waals surface area contributed by atoms with E-state index < -0.39 is 114 Å². The first-order chi connectivity index (χ1) is 37.0. The van der Waals surface area contributed by atoms with Gasteiger partial charge >= 0.3 is 35.4 Å². The summed E-state index contributed by atoms with van der Waals surface area (Å²) in [5.74, 6) is -3.27. The lowest BCUT2D eigenvalue weighted by molar-refractivity contribution is -0.138. The smallest absolute Gasteiger partial charge is 0.481 e. The van der Waals surface area contributed by atoms with E-state index in [4.69, 9.17) is 35.5 Å². The van der Waals surface area contributed by atoms with Crippen molar-refractivity contribution in [2.45, 2.75) is 120 Å². The molecule has 1 aliphatic heterocycles. The van der Waals surface area contributed by atoms with E-state index >= 15 is 0 Å². The van der Waals surface area contributed by atoms with Gasteiger partial charge in [-0.05, 0) is 38.5 Å². The molecule has 0 spiro atoms. The molecule has 1 aliphatic rings. The molecule has 35 heteroatoms. The Balaban J connectivity index is 1.29. The summed E-state index contributed by atoms with van der Waals surface area (Å²) in [6.07, 6.45) is 10.4. The van der Waals surface area contributed by atoms with Crippen LogP contribution < -0.4 is 22.1 Å². The molecule has 0 radical (unpaired) electrons. The number of carbonyl (C=O) groups is 5. The number of rotatable bonds is 38. The van der Waals surface area contributed by atoms with Gasteiger partial charge in [-0.15, -0.1) is 11.8 Å². The predicted molar refractivity (Wildman–Crippen MR) is 286 cm³/mol. The summed E-state index contributed by atoms with van der Waals surface area (Å²) >= 11 is 2.25. The third kappa shape index (κ3) is 26.0. The number of hydrogen-bond acceptors (Lipinski definition) is 23. The first-order valence-electron chi connectivity index (χ1n) is 24.2. The number of fused-ring (bicyclic) bond motifs is 1. The molecule has 0 bridgehead atoms. The van der Waals surface area contributed by atoms with E-state index in [9.17, 15) is 72.6 Å². The summed E-state index contributed by atoms with van der Waals surface area (Å²) in [4.78, 5) is 110. The number of aliphatic hydroxyl groups is 3. The Labute approximate surface area is 462 Å². The van der Waals surface area contributed by atoms with Crippen molar-refractivity contribution in [1.82, 2.24) is 30.2 Å². The fraction of sp³-hybridized carbons (Fsp3) is 0.591. The van der Waals surface area contributed by atoms with Crippen molar-refractivity contribution in [2.24, 2.45) is 11.1 Å². The topological polar surface area (TPSA) is 484 Å². The number of aromatic nitrogens is 4. The van der Waals surface area contributed by atoms with E-state index in [1.807, 2.05) is 24.3 Å². The highest BCUT2D eigenvalue weighted by molar-refractivity contribution is 8.13. The number of nitrogens with one attached hydrogen (secondary N) is 2. The highest BCUT2D eigenvalue weighted by Gasteiger charge is 2.50. The van der Waals surface area contributed by atoms with Crippen molar-refractivity contribution in [3.63, 3.8) is 0 Å². The van der Waals surface area contributed by atoms with Crippen LogP contribution in [0.3, 0.4) is 0 Å². The normalized spacial score (nSPS) is 20.4. The second kappa shape index (κ2) is 33.6. The van der Waals surface area contributed by atoms with Crippen molar-refractivity contribution in [1.29, 1.82) is 0 Å². The van der Waals surface area contributed by atoms with Crippen LogP contribution in [0, 0.1) is 5.41 Å². The van der Waals surface area contributed by atoms with Gasteiger partial charge in [0.1, 0.15) is 42.3 Å². The van der Waals surface area contributed by atoms with Gasteiger partial charge in [0, 0.05) is 54.5 Å². The molecule has 444 valence electrons. The second-order valence-corrected chi connectivity index (χ2v) is 24.6. The molecule has 2 aromatic rings. The molecule has 0 aliphatic carbocycles. The Morgan fingerprint density at radius 3 is 2.30 bits per heavy atom. The molecular formula is C44H69N8O22P3S2. The van der Waals surface area contributed by atoms with Gasteiger partial charge in [0.2, 0.25) is 11.8 Å². The van der Waals surface area contributed by atoms with Crippen LogP contribution in [-0.2, 0) is 60.3 Å². The Kier molecular flexibility index (Phi) is 29.4. The van der Waals surface area contributed by atoms with Crippen LogP contribution in [-0.4, -0.2) is 173 Å². The quantitative estimate of drug-likeness (QED) is 0.0198. The Bertz CT molecular complexity index is 2600. The van der Waals surface area contributed by atoms with Gasteiger partial charge < -0.3 is 71.9 Å². The van der Waals surface area contributed by atoms with Gasteiger partial charge in [-0.25, -0.2) is 28.6 Å². The summed E-state index contributed by atoms with van der Waals surface area (Å²) in [7, 11) is -16.5. The predicted octanol–water partition coefficient (Wildman–Crippen LogP) is 1.97. The third-order valence-electron chi connectivity index (χ3n) is 11.0. The van der Waals surface area contributed by atoms with Gasteiger partial charge in [-0.3, -0.25) is 42.1 Å². The number of anilines is 1. The molecule has 30 nitrogen and oxygen atoms in total. The van der Waals surface area contributed by atoms with Crippen molar-refractivity contribution < 1.29 is 105 Å². The highest BCUT2D eigenvalue weighted by Crippen LogP contribution is 2.61. The number of imidazole rings is 1. The molecule has 2 aromatic heterocycles. The number of carbonyl (C=O) groups excluding carboxylic acids is 3. The van der Waals surface area contributed by atoms with E-state index in [0.717, 1.165) is 41.8 Å². The van der Waals surface area contributed by atoms with Crippen LogP contribution >= 0.6 is 47.0 Å². The lowest BCUT2D eigenvalue weighted by Gasteiger charge is -2.30. The minimum absolute atomic E-state index is 0.0169. The number of nitrogens with zero attached hydrogens (tertiary/aromatic N) is 4. The molecule has 0 aromatic carbocycles. The van der Waals surface area contributed by atoms with Crippen LogP contribution in [0.25, 0.3) is 11.2 Å². The minimum atomic E-state index is -5.61. The number of nitrogen functional groups attached to an aromatic ring is 1. The fourth-order valence-electron chi connectivity index (χ4n) is 6.86. The molecule has 1 fully saturated rings. The Morgan fingerprint density at radius 2 is 1.61 bits per heavy atom. The molecule has 1 saturated heterocycles. The maximum atomic E-state index is 12.8. The summed E-state index contributed by atoms with van der Waals surface area (Å²) < 4.78 is 62.5. The number of nitrogens with two attached hydrogens (primary N) is 2. The van der Waals surface area contributed by atoms with Crippen LogP contribution in [0.4, 0.5) is 5.82 Å². The van der Waals surface area contributed by atoms with Gasteiger partial charge in [0.05, 0.1) is 25.6 Å². The molecule has 2 amide bonds. The summed E-state index contributed by atoms with van der Waals surface area (Å²) in [6, 6.07) is -1.10. The van der Waals surface area contributed by atoms with Crippen molar-refractivity contribution in [3.8, 4) is 0 Å². The average Bonchev–Trinajstić information content (AvgIpc) is 4.13. The molecule has 3 rings (SSSR count). The summed E-state index contributed by atoms with van der Waals surface area (Å²) in [6.45, 7) is 0.340. The molecule has 79 heavy (non-hydrogen) atoms. The van der Waals surface area contributed by atoms with Crippen LogP contribution in [0.5, 0.6) is 0 Å². The van der Waals surface area contributed by atoms with Crippen LogP contribution in [0.15, 0.2) is 61.3 Å². The number of hydrogen-bond donors (Lipinski definition) is 13. The zero-order valence-corrected chi connectivity index (χ0v) is 47.2. The van der Waals surface area contributed by atoms with Crippen molar-refractivity contribution >= 4 is 92.8 Å². The Morgan fingerprint density at radius 1 is 0.899 bits per heavy atom. The fourth-order valence-corrected chi connectivity index (χ4v) is 11.5. The number of unbranched alkanes of at least 4 members (excludes halogenated alkanes) is 2. The number of amides is 2. The zero-order chi connectivity index (χ0) is 59.0. The number of aliphatic hydroxyl groups excluding tert-OH is 3. The van der Waals surface area contributed by atoms with E-state index in [1.165, 1.54) is 25.6 Å². The highest BCUT2D eigenvalue weighted by atomic mass is 32.2. The van der Waals surface area contributed by atoms with E-state index in [0.29, 0.717) is 25.0 Å². The molecule has 0 saturated carbocycles. The van der Waals surface area contributed by atoms with Gasteiger partial charge in [-0.1, -0.05) is 74.2 Å². The largest absolute Gasteiger partial charge is 0.481 e. The van der Waals surface area contributed by atoms with Gasteiger partial charge in [0.25, 0.3) is 0 Å². The molecule has 3 heterocycles. The third-order valence-corrected chi connectivity index (χ3v) is 16.5. The minimum Gasteiger partial charge on any atom is -0.481 e. The second-order valence-electron chi connectivity index (χ2n) is 18.0. The molecule has 10 unspecified atom stereocenters. The van der Waals surface area contributed by atoms with E-state index in [-0.39, 0.29) is 66.6 Å². The number of carboxylic acids is 2. The summed E-state index contributed by atoms with van der Waals surface area (Å²) in [5, 5.41) is 54.5. The van der Waals surface area contributed by atoms with Crippen molar-refractivity contribution in [2.75, 3.05) is 43.5 Å². The number of aliphatic carboxylic acids is 2. The van der Waals surface area contributed by atoms with Crippen LogP contribution in [0.2, 0.25) is 0 Å². The van der Waals surface area contributed by atoms with E-state index in [1.54, 1.807) is 24.3 Å². The van der Waals surface area contributed by atoms with Gasteiger partial charge in [-0.2, -0.15) is 4.31 Å². The maximum absolute atomic E-state index is 12.8. The SMILES string of the molecule is CC(C)(COP(=O)(O)OP(=O)(O)OCC1OC(n2cnc3c(N)ncnc32)C(O)C1OP(=O)(O)O)C(O)C(=O)NCCC(=O)NCCSC(=O)CCCCC=CCC=CC=CC=CC(SCC(N)C(=O)O)C(O)CCCC(=O)O. The number of phosphoric acid groups is 3. The van der Waals surface area contributed by atoms with Gasteiger partial charge in [0.15, 0.2) is 22.8 Å². The standard InChI is InChI=1S/C44H69N8O22P3S2/c1-44(2,25-71-77(68,69)74-76(66,67)70-23-30-37(73-75(63,64)65)36(58)42(72-30)52-27-51-35-39(46)49-26-50-40(35)52)38(59)41(60)48-20-19-32(54)47-21-22-78-34(57)18-13-11-9-7-5-3-4-6-8-10-12-16-31(79-24-28(45)43(61)62)29(53)15-14-17-33(55)56/h4-8,10,12,16,26-31,36-38,42,53,58-59H,3,9,11,13-15,17-25,45H2,1-2H3,(H,47,54)(H,48,60)(H,55,56)(H,61,62)(H,66,67)(H,68,69)(H2,46,49,50)(H2,63,64,65). The number of allylic oxidation sites excluding steroid dienone is 7. The molecule has 10 atom stereocenters. The first-order valence-corrected chi connectivity index (χ1v) is 30.8. The lowest BCUT2D eigenvalue weighted by atomic mass is 9.87. The van der Waals surface area contributed by atoms with Crippen LogP contribution in [0.1, 0.15) is 77.9 Å². The van der Waals surface area contributed by atoms with E-state index in [2.05, 4.69) is 34.4 Å². The summed E-state index contributed by atoms with van der Waals surface area (Å²) in [5.41, 5.74) is 9.80.